The molecule has 1 aromatic heterocycles. The molecule has 6 heteroatoms. The number of rotatable bonds is 2. The quantitative estimate of drug-likeness (QED) is 0.628. The minimum atomic E-state index is -0.376. The van der Waals surface area contributed by atoms with Crippen LogP contribution in [0.2, 0.25) is 0 Å². The van der Waals surface area contributed by atoms with E-state index in [1.54, 1.807) is 12.1 Å². The van der Waals surface area contributed by atoms with Gasteiger partial charge in [-0.25, -0.2) is 4.98 Å². The molecular formula is C15H17N3O2S. The van der Waals surface area contributed by atoms with Crippen molar-refractivity contribution in [3.05, 3.63) is 40.4 Å². The zero-order valence-electron chi connectivity index (χ0n) is 12.0. The third-order valence-electron chi connectivity index (χ3n) is 4.05. The van der Waals surface area contributed by atoms with Gasteiger partial charge in [0, 0.05) is 41.1 Å². The highest BCUT2D eigenvalue weighted by molar-refractivity contribution is 8.00. The first kappa shape index (κ1) is 14.1. The lowest BCUT2D eigenvalue weighted by Crippen LogP contribution is -2.45. The number of pyridine rings is 1. The maximum atomic E-state index is 10.8. The number of benzene rings is 1. The van der Waals surface area contributed by atoms with Gasteiger partial charge in [-0.15, -0.1) is 0 Å². The summed E-state index contributed by atoms with van der Waals surface area (Å²) in [7, 11) is 0. The highest BCUT2D eigenvalue weighted by Crippen LogP contribution is 2.29. The summed E-state index contributed by atoms with van der Waals surface area (Å²) in [5.41, 5.74) is 0.907. The first-order chi connectivity index (χ1) is 10.1. The zero-order valence-corrected chi connectivity index (χ0v) is 12.8. The predicted octanol–water partition coefficient (Wildman–Crippen LogP) is 3.47. The molecule has 3 rings (SSSR count). The number of hydrogen-bond acceptors (Lipinski definition) is 5. The summed E-state index contributed by atoms with van der Waals surface area (Å²) in [6.07, 6.45) is 0. The Labute approximate surface area is 127 Å². The van der Waals surface area contributed by atoms with E-state index in [1.165, 1.54) is 6.07 Å². The molecule has 1 aliphatic rings. The molecule has 2 atom stereocenters. The van der Waals surface area contributed by atoms with Crippen LogP contribution in [0.15, 0.2) is 30.3 Å². The molecule has 2 aromatic rings. The summed E-state index contributed by atoms with van der Waals surface area (Å²) in [5, 5.41) is 12.2. The fourth-order valence-electron chi connectivity index (χ4n) is 2.63. The number of anilines is 1. The second-order valence-corrected chi connectivity index (χ2v) is 6.80. The molecule has 0 N–H and O–H groups in total. The van der Waals surface area contributed by atoms with Crippen LogP contribution < -0.4 is 4.90 Å². The third kappa shape index (κ3) is 2.68. The molecule has 0 aliphatic carbocycles. The molecule has 1 aromatic carbocycles. The maximum Gasteiger partial charge on any atom is 0.270 e. The van der Waals surface area contributed by atoms with Crippen LogP contribution in [-0.4, -0.2) is 33.5 Å². The zero-order chi connectivity index (χ0) is 15.0. The minimum absolute atomic E-state index is 0.105. The van der Waals surface area contributed by atoms with Gasteiger partial charge in [0.15, 0.2) is 0 Å². The fourth-order valence-corrected chi connectivity index (χ4v) is 3.73. The summed E-state index contributed by atoms with van der Waals surface area (Å²) in [6.45, 7) is 5.45. The van der Waals surface area contributed by atoms with E-state index in [4.69, 9.17) is 0 Å². The van der Waals surface area contributed by atoms with Crippen LogP contribution in [0, 0.1) is 10.1 Å². The van der Waals surface area contributed by atoms with Crippen LogP contribution >= 0.6 is 11.8 Å². The van der Waals surface area contributed by atoms with Gasteiger partial charge in [0.1, 0.15) is 5.82 Å². The molecule has 1 aliphatic heterocycles. The Morgan fingerprint density at radius 3 is 2.90 bits per heavy atom. The number of nitro groups is 1. The smallest absolute Gasteiger partial charge is 0.270 e. The first-order valence-corrected chi connectivity index (χ1v) is 8.04. The van der Waals surface area contributed by atoms with Crippen molar-refractivity contribution in [3.8, 4) is 0 Å². The van der Waals surface area contributed by atoms with Crippen molar-refractivity contribution in [2.75, 3.05) is 17.2 Å². The predicted molar refractivity (Wildman–Crippen MR) is 87.1 cm³/mol. The molecule has 2 heterocycles. The number of nitrogens with zero attached hydrogens (tertiary/aromatic N) is 3. The minimum Gasteiger partial charge on any atom is -0.352 e. The van der Waals surface area contributed by atoms with E-state index in [2.05, 4.69) is 23.7 Å². The molecule has 0 saturated carbocycles. The van der Waals surface area contributed by atoms with Gasteiger partial charge in [0.05, 0.1) is 10.4 Å². The number of nitro benzene ring substituents is 1. The number of hydrogen-bond donors (Lipinski definition) is 0. The Bertz CT molecular complexity index is 692. The third-order valence-corrected chi connectivity index (χ3v) is 5.39. The van der Waals surface area contributed by atoms with Crippen molar-refractivity contribution in [1.82, 2.24) is 4.98 Å². The van der Waals surface area contributed by atoms with Crippen molar-refractivity contribution in [2.24, 2.45) is 0 Å². The molecule has 1 fully saturated rings. The average molecular weight is 303 g/mol. The highest BCUT2D eigenvalue weighted by atomic mass is 32.2. The Morgan fingerprint density at radius 1 is 1.33 bits per heavy atom. The van der Waals surface area contributed by atoms with Crippen LogP contribution in [0.1, 0.15) is 13.8 Å². The molecule has 1 saturated heterocycles. The first-order valence-electron chi connectivity index (χ1n) is 7.00. The van der Waals surface area contributed by atoms with Gasteiger partial charge in [0.2, 0.25) is 0 Å². The Balaban J connectivity index is 1.97. The molecular weight excluding hydrogens is 286 g/mol. The van der Waals surface area contributed by atoms with Gasteiger partial charge in [0.25, 0.3) is 5.69 Å². The Morgan fingerprint density at radius 2 is 2.14 bits per heavy atom. The molecule has 5 nitrogen and oxygen atoms in total. The van der Waals surface area contributed by atoms with Crippen molar-refractivity contribution in [3.63, 3.8) is 0 Å². The lowest BCUT2D eigenvalue weighted by Gasteiger charge is -2.38. The lowest BCUT2D eigenvalue weighted by molar-refractivity contribution is -0.384. The van der Waals surface area contributed by atoms with Crippen molar-refractivity contribution in [1.29, 1.82) is 0 Å². The molecule has 0 amide bonds. The van der Waals surface area contributed by atoms with Gasteiger partial charge < -0.3 is 4.90 Å². The van der Waals surface area contributed by atoms with Gasteiger partial charge in [-0.2, -0.15) is 11.8 Å². The van der Waals surface area contributed by atoms with E-state index in [0.717, 1.165) is 29.0 Å². The van der Waals surface area contributed by atoms with E-state index in [0.29, 0.717) is 11.3 Å². The van der Waals surface area contributed by atoms with Crippen LogP contribution in [0.25, 0.3) is 10.9 Å². The summed E-state index contributed by atoms with van der Waals surface area (Å²) in [5.74, 6) is 2.06. The number of thioether (sulfide) groups is 1. The average Bonchev–Trinajstić information content (AvgIpc) is 2.49. The molecule has 0 spiro atoms. The monoisotopic (exact) mass is 303 g/mol. The van der Waals surface area contributed by atoms with Crippen molar-refractivity contribution < 1.29 is 4.92 Å². The molecule has 110 valence electrons. The molecule has 0 radical (unpaired) electrons. The van der Waals surface area contributed by atoms with Gasteiger partial charge >= 0.3 is 0 Å². The van der Waals surface area contributed by atoms with Gasteiger partial charge in [-0.3, -0.25) is 10.1 Å². The lowest BCUT2D eigenvalue weighted by atomic mass is 10.1. The SMILES string of the molecule is CC1SCCN(c2ccc3cc([N+](=O)[O-])ccc3n2)C1C. The van der Waals surface area contributed by atoms with E-state index in [-0.39, 0.29) is 10.6 Å². The number of non-ortho nitro benzene ring substituents is 1. The van der Waals surface area contributed by atoms with Gasteiger partial charge in [-0.05, 0) is 25.1 Å². The van der Waals surface area contributed by atoms with Crippen LogP contribution in [0.3, 0.4) is 0 Å². The van der Waals surface area contributed by atoms with Crippen LogP contribution in [0.4, 0.5) is 11.5 Å². The van der Waals surface area contributed by atoms with E-state index in [1.807, 2.05) is 23.9 Å². The standard InChI is InChI=1S/C15H17N3O2S/c1-10-11(2)21-8-7-17(10)15-6-3-12-9-13(18(19)20)4-5-14(12)16-15/h3-6,9-11H,7-8H2,1-2H3. The second-order valence-electron chi connectivity index (χ2n) is 5.31. The topological polar surface area (TPSA) is 59.3 Å². The molecule has 0 bridgehead atoms. The summed E-state index contributed by atoms with van der Waals surface area (Å²) in [6, 6.07) is 9.13. The van der Waals surface area contributed by atoms with Crippen LogP contribution in [-0.2, 0) is 0 Å². The summed E-state index contributed by atoms with van der Waals surface area (Å²) < 4.78 is 0. The Kier molecular flexibility index (Phi) is 3.71. The highest BCUT2D eigenvalue weighted by Gasteiger charge is 2.26. The molecule has 2 unspecified atom stereocenters. The number of aromatic nitrogens is 1. The van der Waals surface area contributed by atoms with Crippen molar-refractivity contribution in [2.45, 2.75) is 25.1 Å². The molecule has 21 heavy (non-hydrogen) atoms. The van der Waals surface area contributed by atoms with Crippen LogP contribution in [0.5, 0.6) is 0 Å². The summed E-state index contributed by atoms with van der Waals surface area (Å²) >= 11 is 1.99. The second kappa shape index (κ2) is 5.52. The largest absolute Gasteiger partial charge is 0.352 e. The fraction of sp³-hybridized carbons (Fsp3) is 0.400. The number of fused-ring (bicyclic) bond motifs is 1. The van der Waals surface area contributed by atoms with E-state index >= 15 is 0 Å². The van der Waals surface area contributed by atoms with E-state index in [9.17, 15) is 10.1 Å². The summed E-state index contributed by atoms with van der Waals surface area (Å²) in [4.78, 5) is 17.4. The van der Waals surface area contributed by atoms with E-state index < -0.39 is 0 Å². The normalized spacial score (nSPS) is 22.5. The van der Waals surface area contributed by atoms with Crippen molar-refractivity contribution >= 4 is 34.2 Å². The Hall–Kier alpha value is -1.82. The van der Waals surface area contributed by atoms with Gasteiger partial charge in [-0.1, -0.05) is 6.92 Å². The maximum absolute atomic E-state index is 10.8.